The second kappa shape index (κ2) is 11.9. The highest BCUT2D eigenvalue weighted by Crippen LogP contribution is 2.39. The molecule has 4 aromatic rings. The smallest absolute Gasteiger partial charge is 0.264 e. The molecule has 0 unspecified atom stereocenters. The van der Waals surface area contributed by atoms with Crippen LogP contribution in [0.5, 0.6) is 0 Å². The van der Waals surface area contributed by atoms with E-state index < -0.39 is 10.0 Å². The summed E-state index contributed by atoms with van der Waals surface area (Å²) in [5, 5.41) is 3.27. The van der Waals surface area contributed by atoms with Gasteiger partial charge in [0.2, 0.25) is 11.9 Å². The van der Waals surface area contributed by atoms with E-state index in [1.54, 1.807) is 55.9 Å². The molecule has 0 aliphatic carbocycles. The van der Waals surface area contributed by atoms with Crippen LogP contribution in [0.1, 0.15) is 38.2 Å². The molecule has 12 heteroatoms. The van der Waals surface area contributed by atoms with E-state index in [1.807, 2.05) is 29.2 Å². The molecule has 1 aliphatic heterocycles. The number of carbonyl (C=O) groups is 2. The first-order valence-electron chi connectivity index (χ1n) is 12.6. The monoisotopic (exact) mass is 607 g/mol. The van der Waals surface area contributed by atoms with Gasteiger partial charge in [0, 0.05) is 34.2 Å². The molecule has 2 heterocycles. The van der Waals surface area contributed by atoms with E-state index in [0.29, 0.717) is 40.0 Å². The van der Waals surface area contributed by atoms with Crippen LogP contribution in [0.3, 0.4) is 0 Å². The molecule has 0 bridgehead atoms. The van der Waals surface area contributed by atoms with Crippen LogP contribution in [-0.2, 0) is 21.4 Å². The lowest BCUT2D eigenvalue weighted by Gasteiger charge is -2.24. The van der Waals surface area contributed by atoms with E-state index in [-0.39, 0.29) is 28.0 Å². The van der Waals surface area contributed by atoms with Gasteiger partial charge in [-0.3, -0.25) is 9.59 Å². The van der Waals surface area contributed by atoms with Crippen LogP contribution in [0, 0.1) is 13.8 Å². The fraction of sp³-hybridized carbons (Fsp3) is 0.172. The lowest BCUT2D eigenvalue weighted by atomic mass is 10.1. The number of nitrogens with one attached hydrogen (secondary N) is 2. The maximum atomic E-state index is 12.9. The van der Waals surface area contributed by atoms with Crippen LogP contribution in [0.2, 0.25) is 5.02 Å². The van der Waals surface area contributed by atoms with E-state index in [9.17, 15) is 18.0 Å². The molecule has 0 radical (unpaired) electrons. The summed E-state index contributed by atoms with van der Waals surface area (Å²) in [7, 11) is -3.91. The molecule has 1 atom stereocenters. The number of hydrogen-bond donors (Lipinski definition) is 2. The average Bonchev–Trinajstić information content (AvgIpc) is 3.29. The minimum Gasteiger partial charge on any atom is -0.322 e. The number of sulfonamides is 1. The largest absolute Gasteiger partial charge is 0.322 e. The Bertz CT molecular complexity index is 1680. The van der Waals surface area contributed by atoms with Crippen molar-refractivity contribution in [3.63, 3.8) is 0 Å². The van der Waals surface area contributed by atoms with Gasteiger partial charge in [0.1, 0.15) is 5.37 Å². The normalized spacial score (nSPS) is 15.1. The van der Waals surface area contributed by atoms with Gasteiger partial charge in [-0.25, -0.2) is 23.1 Å². The highest BCUT2D eigenvalue weighted by Gasteiger charge is 2.32. The van der Waals surface area contributed by atoms with Gasteiger partial charge >= 0.3 is 0 Å². The molecule has 9 nitrogen and oxygen atoms in total. The van der Waals surface area contributed by atoms with Gasteiger partial charge < -0.3 is 10.2 Å². The maximum absolute atomic E-state index is 12.9. The summed E-state index contributed by atoms with van der Waals surface area (Å²) in [6.45, 7) is 3.97. The third-order valence-electron chi connectivity index (χ3n) is 6.32. The van der Waals surface area contributed by atoms with Gasteiger partial charge in [0.15, 0.2) is 0 Å². The van der Waals surface area contributed by atoms with Crippen molar-refractivity contribution in [2.24, 2.45) is 0 Å². The topological polar surface area (TPSA) is 121 Å². The summed E-state index contributed by atoms with van der Waals surface area (Å²) in [5.41, 5.74) is 4.06. The van der Waals surface area contributed by atoms with Crippen LogP contribution in [0.25, 0.3) is 0 Å². The lowest BCUT2D eigenvalue weighted by molar-refractivity contribution is -0.128. The van der Waals surface area contributed by atoms with E-state index in [4.69, 9.17) is 11.6 Å². The predicted octanol–water partition coefficient (Wildman–Crippen LogP) is 5.57. The molecule has 210 valence electrons. The third kappa shape index (κ3) is 6.87. The molecule has 3 aromatic carbocycles. The molecule has 1 fully saturated rings. The standard InChI is InChI=1S/C29H26ClN5O4S2/c1-18-15-19(2)32-29(31-18)34-41(38,39)25-13-11-24(12-14-25)33-27(37)21-5-7-22(8-6-21)28-35(26(36)17-40-28)16-20-3-9-23(30)10-4-20/h3-15,28H,16-17H2,1-2H3,(H,33,37)(H,31,32,34)/t28-/m0/s1. The fourth-order valence-corrected chi connectivity index (χ4v) is 6.62. The number of nitrogens with zero attached hydrogens (tertiary/aromatic N) is 3. The Morgan fingerprint density at radius 3 is 2.24 bits per heavy atom. The zero-order valence-electron chi connectivity index (χ0n) is 22.2. The minimum absolute atomic E-state index is 0.00297. The Morgan fingerprint density at radius 2 is 1.61 bits per heavy atom. The fourth-order valence-electron chi connectivity index (χ4n) is 4.36. The molecule has 0 spiro atoms. The van der Waals surface area contributed by atoms with Crippen LogP contribution in [0.15, 0.2) is 83.8 Å². The van der Waals surface area contributed by atoms with Crippen molar-refractivity contribution in [2.45, 2.75) is 30.7 Å². The van der Waals surface area contributed by atoms with Gasteiger partial charge in [-0.2, -0.15) is 0 Å². The number of benzene rings is 3. The Morgan fingerprint density at radius 1 is 0.976 bits per heavy atom. The number of aromatic nitrogens is 2. The van der Waals surface area contributed by atoms with Crippen LogP contribution < -0.4 is 10.0 Å². The van der Waals surface area contributed by atoms with Crippen molar-refractivity contribution in [3.8, 4) is 0 Å². The van der Waals surface area contributed by atoms with Gasteiger partial charge in [-0.05, 0) is 79.6 Å². The van der Waals surface area contributed by atoms with Crippen LogP contribution >= 0.6 is 23.4 Å². The summed E-state index contributed by atoms with van der Waals surface area (Å²) >= 11 is 7.53. The SMILES string of the molecule is Cc1cc(C)nc(NS(=O)(=O)c2ccc(NC(=O)c3ccc([C@@H]4SCC(=O)N4Cc4ccc(Cl)cc4)cc3)cc2)n1. The van der Waals surface area contributed by atoms with E-state index in [1.165, 1.54) is 24.3 Å². The Balaban J connectivity index is 1.23. The Hall–Kier alpha value is -3.93. The van der Waals surface area contributed by atoms with Crippen molar-refractivity contribution in [2.75, 3.05) is 15.8 Å². The Labute approximate surface area is 247 Å². The number of thioether (sulfide) groups is 1. The molecule has 1 aliphatic rings. The van der Waals surface area contributed by atoms with Gasteiger partial charge in [-0.15, -0.1) is 11.8 Å². The summed E-state index contributed by atoms with van der Waals surface area (Å²) in [6.07, 6.45) is 0. The first kappa shape index (κ1) is 28.6. The number of aryl methyl sites for hydroxylation is 2. The van der Waals surface area contributed by atoms with Crippen molar-refractivity contribution < 1.29 is 18.0 Å². The second-order valence-electron chi connectivity index (χ2n) is 9.49. The zero-order valence-corrected chi connectivity index (χ0v) is 24.6. The van der Waals surface area contributed by atoms with Crippen LogP contribution in [-0.4, -0.2) is 40.9 Å². The second-order valence-corrected chi connectivity index (χ2v) is 12.7. The van der Waals surface area contributed by atoms with Crippen molar-refractivity contribution in [1.82, 2.24) is 14.9 Å². The van der Waals surface area contributed by atoms with Crippen molar-refractivity contribution in [3.05, 3.63) is 112 Å². The van der Waals surface area contributed by atoms with Gasteiger partial charge in [0.25, 0.3) is 15.9 Å². The van der Waals surface area contributed by atoms with Crippen LogP contribution in [0.4, 0.5) is 11.6 Å². The summed E-state index contributed by atoms with van der Waals surface area (Å²) < 4.78 is 27.9. The van der Waals surface area contributed by atoms with Crippen molar-refractivity contribution >= 4 is 56.8 Å². The lowest BCUT2D eigenvalue weighted by Crippen LogP contribution is -2.27. The number of halogens is 1. The van der Waals surface area contributed by atoms with E-state index >= 15 is 0 Å². The number of hydrogen-bond acceptors (Lipinski definition) is 7. The third-order valence-corrected chi connectivity index (χ3v) is 9.17. The summed E-state index contributed by atoms with van der Waals surface area (Å²) in [5.74, 6) is 0.0946. The summed E-state index contributed by atoms with van der Waals surface area (Å²) in [4.78, 5) is 35.5. The van der Waals surface area contributed by atoms with Gasteiger partial charge in [0.05, 0.1) is 10.6 Å². The zero-order chi connectivity index (χ0) is 29.1. The summed E-state index contributed by atoms with van der Waals surface area (Å²) in [6, 6.07) is 22.1. The highest BCUT2D eigenvalue weighted by molar-refractivity contribution is 8.00. The predicted molar refractivity (Wildman–Crippen MR) is 160 cm³/mol. The first-order valence-corrected chi connectivity index (χ1v) is 15.5. The quantitative estimate of drug-likeness (QED) is 0.268. The molecule has 1 saturated heterocycles. The van der Waals surface area contributed by atoms with Crippen molar-refractivity contribution in [1.29, 1.82) is 0 Å². The molecule has 1 aromatic heterocycles. The van der Waals surface area contributed by atoms with E-state index in [0.717, 1.165) is 11.1 Å². The Kier molecular flexibility index (Phi) is 8.30. The number of carbonyl (C=O) groups excluding carboxylic acids is 2. The number of rotatable bonds is 8. The van der Waals surface area contributed by atoms with Gasteiger partial charge in [-0.1, -0.05) is 35.9 Å². The highest BCUT2D eigenvalue weighted by atomic mass is 35.5. The average molecular weight is 608 g/mol. The molecular weight excluding hydrogens is 582 g/mol. The maximum Gasteiger partial charge on any atom is 0.264 e. The molecule has 2 amide bonds. The molecule has 2 N–H and O–H groups in total. The minimum atomic E-state index is -3.91. The molecule has 41 heavy (non-hydrogen) atoms. The molecular formula is C29H26ClN5O4S2. The number of amides is 2. The first-order chi connectivity index (χ1) is 19.6. The molecule has 0 saturated carbocycles. The molecule has 5 rings (SSSR count). The number of anilines is 2. The van der Waals surface area contributed by atoms with E-state index in [2.05, 4.69) is 20.0 Å².